The van der Waals surface area contributed by atoms with Gasteiger partial charge in [0.1, 0.15) is 6.10 Å². The van der Waals surface area contributed by atoms with E-state index in [0.717, 1.165) is 0 Å². The first kappa shape index (κ1) is 6.38. The number of carbonyl (C=O) groups is 2. The smallest absolute Gasteiger partial charge is 0.256 e. The highest BCUT2D eigenvalue weighted by Gasteiger charge is 2.37. The van der Waals surface area contributed by atoms with Crippen LogP contribution in [0.25, 0.3) is 0 Å². The third kappa shape index (κ3) is 0.863. The van der Waals surface area contributed by atoms with Crippen molar-refractivity contribution in [1.29, 1.82) is 0 Å². The minimum Gasteiger partial charge on any atom is -0.362 e. The Hall–Kier alpha value is -0.740. The predicted molar refractivity (Wildman–Crippen MR) is 26.6 cm³/mol. The molecule has 0 unspecified atom stereocenters. The number of rotatable bonds is 0. The summed E-state index contributed by atoms with van der Waals surface area (Å²) in [6.45, 7) is 1.43. The summed E-state index contributed by atoms with van der Waals surface area (Å²) < 4.78 is 4.44. The van der Waals surface area contributed by atoms with Crippen LogP contribution in [0.15, 0.2) is 0 Å². The van der Waals surface area contributed by atoms with Crippen LogP contribution in [0.3, 0.4) is 0 Å². The summed E-state index contributed by atoms with van der Waals surface area (Å²) in [5, 5.41) is 8.55. The fraction of sp³-hybridized carbons (Fsp3) is 0.600. The predicted octanol–water partition coefficient (Wildman–Crippen LogP) is -1.14. The number of aliphatic hydroxyl groups is 1. The molecule has 9 heavy (non-hydrogen) atoms. The lowest BCUT2D eigenvalue weighted by Crippen LogP contribution is -2.19. The molecule has 0 amide bonds. The van der Waals surface area contributed by atoms with E-state index >= 15 is 0 Å². The molecule has 0 aromatic rings. The largest absolute Gasteiger partial charge is 0.362 e. The molecule has 1 N–H and O–H groups in total. The van der Waals surface area contributed by atoms with Gasteiger partial charge < -0.3 is 9.84 Å². The van der Waals surface area contributed by atoms with E-state index in [-0.39, 0.29) is 0 Å². The van der Waals surface area contributed by atoms with Crippen LogP contribution in [0.5, 0.6) is 0 Å². The Morgan fingerprint density at radius 2 is 2.00 bits per heavy atom. The molecule has 0 aliphatic carbocycles. The SMILES string of the molecule is C[C@H]1O[C@@H](O)C(=O)C1=O. The van der Waals surface area contributed by atoms with E-state index in [1.807, 2.05) is 0 Å². The zero-order chi connectivity index (χ0) is 7.02. The second kappa shape index (κ2) is 1.89. The fourth-order valence-corrected chi connectivity index (χ4v) is 0.639. The molecular formula is C5H6O4. The van der Waals surface area contributed by atoms with Gasteiger partial charge in [-0.05, 0) is 6.92 Å². The molecule has 50 valence electrons. The Balaban J connectivity index is 2.77. The Kier molecular flexibility index (Phi) is 1.34. The van der Waals surface area contributed by atoms with Crippen molar-refractivity contribution < 1.29 is 19.4 Å². The Bertz CT molecular complexity index is 144. The molecule has 0 radical (unpaired) electrons. The van der Waals surface area contributed by atoms with Gasteiger partial charge in [-0.25, -0.2) is 0 Å². The number of hydrogen-bond acceptors (Lipinski definition) is 4. The maximum absolute atomic E-state index is 10.5. The van der Waals surface area contributed by atoms with Crippen LogP contribution in [-0.2, 0) is 14.3 Å². The van der Waals surface area contributed by atoms with Gasteiger partial charge >= 0.3 is 0 Å². The second-order valence-corrected chi connectivity index (χ2v) is 1.86. The lowest BCUT2D eigenvalue weighted by atomic mass is 10.2. The van der Waals surface area contributed by atoms with Crippen LogP contribution < -0.4 is 0 Å². The van der Waals surface area contributed by atoms with Crippen molar-refractivity contribution in [2.24, 2.45) is 0 Å². The van der Waals surface area contributed by atoms with Crippen LogP contribution in [0.4, 0.5) is 0 Å². The highest BCUT2D eigenvalue weighted by Crippen LogP contribution is 2.08. The Morgan fingerprint density at radius 1 is 1.44 bits per heavy atom. The summed E-state index contributed by atoms with van der Waals surface area (Å²) in [5.41, 5.74) is 0. The van der Waals surface area contributed by atoms with Crippen molar-refractivity contribution in [1.82, 2.24) is 0 Å². The molecule has 0 saturated carbocycles. The average Bonchev–Trinajstić information content (AvgIpc) is 1.98. The number of aliphatic hydroxyl groups excluding tert-OH is 1. The first-order valence-electron chi connectivity index (χ1n) is 2.54. The van der Waals surface area contributed by atoms with Crippen molar-refractivity contribution in [3.8, 4) is 0 Å². The quantitative estimate of drug-likeness (QED) is 0.421. The molecule has 1 aliphatic rings. The van der Waals surface area contributed by atoms with E-state index in [1.54, 1.807) is 0 Å². The van der Waals surface area contributed by atoms with Crippen LogP contribution >= 0.6 is 0 Å². The van der Waals surface area contributed by atoms with Crippen molar-refractivity contribution in [3.63, 3.8) is 0 Å². The van der Waals surface area contributed by atoms with Gasteiger partial charge in [0.05, 0.1) is 0 Å². The number of ketones is 2. The molecule has 1 rings (SSSR count). The summed E-state index contributed by atoms with van der Waals surface area (Å²) in [6.07, 6.45) is -2.29. The molecule has 1 fully saturated rings. The van der Waals surface area contributed by atoms with Crippen molar-refractivity contribution in [2.45, 2.75) is 19.3 Å². The van der Waals surface area contributed by atoms with Gasteiger partial charge in [0.25, 0.3) is 5.78 Å². The monoisotopic (exact) mass is 130 g/mol. The van der Waals surface area contributed by atoms with Gasteiger partial charge in [0.2, 0.25) is 12.1 Å². The van der Waals surface area contributed by atoms with Crippen molar-refractivity contribution in [2.75, 3.05) is 0 Å². The van der Waals surface area contributed by atoms with Crippen LogP contribution in [0.2, 0.25) is 0 Å². The van der Waals surface area contributed by atoms with Crippen LogP contribution in [-0.4, -0.2) is 29.1 Å². The first-order valence-corrected chi connectivity index (χ1v) is 2.54. The standard InChI is InChI=1S/C5H6O4/c1-2-3(6)4(7)5(8)9-2/h2,5,8H,1H3/t2-,5-/m1/s1. The number of Topliss-reactive ketones (excluding diaryl/α,β-unsaturated/α-hetero) is 2. The lowest BCUT2D eigenvalue weighted by molar-refractivity contribution is -0.144. The van der Waals surface area contributed by atoms with Crippen LogP contribution in [0.1, 0.15) is 6.92 Å². The maximum Gasteiger partial charge on any atom is 0.256 e. The Morgan fingerprint density at radius 3 is 2.11 bits per heavy atom. The second-order valence-electron chi connectivity index (χ2n) is 1.86. The van der Waals surface area contributed by atoms with E-state index in [4.69, 9.17) is 5.11 Å². The maximum atomic E-state index is 10.5. The summed E-state index contributed by atoms with van der Waals surface area (Å²) in [7, 11) is 0. The first-order chi connectivity index (χ1) is 4.13. The van der Waals surface area contributed by atoms with Gasteiger partial charge in [0.15, 0.2) is 0 Å². The number of carbonyl (C=O) groups excluding carboxylic acids is 2. The van der Waals surface area contributed by atoms with Crippen LogP contribution in [0, 0.1) is 0 Å². The molecule has 0 bridgehead atoms. The van der Waals surface area contributed by atoms with Crippen molar-refractivity contribution in [3.05, 3.63) is 0 Å². The van der Waals surface area contributed by atoms with Gasteiger partial charge in [-0.1, -0.05) is 0 Å². The molecule has 4 nitrogen and oxygen atoms in total. The summed E-state index contributed by atoms with van der Waals surface area (Å²) >= 11 is 0. The number of ether oxygens (including phenoxy) is 1. The van der Waals surface area contributed by atoms with Gasteiger partial charge in [-0.2, -0.15) is 0 Å². The van der Waals surface area contributed by atoms with Gasteiger partial charge in [-0.15, -0.1) is 0 Å². The molecule has 1 aliphatic heterocycles. The highest BCUT2D eigenvalue weighted by atomic mass is 16.6. The molecule has 0 aromatic heterocycles. The van der Waals surface area contributed by atoms with Crippen molar-refractivity contribution >= 4 is 11.6 Å². The molecule has 2 atom stereocenters. The number of hydrogen-bond donors (Lipinski definition) is 1. The minimum atomic E-state index is -1.52. The highest BCUT2D eigenvalue weighted by molar-refractivity contribution is 6.41. The Labute approximate surface area is 51.4 Å². The average molecular weight is 130 g/mol. The zero-order valence-electron chi connectivity index (χ0n) is 4.83. The normalized spacial score (nSPS) is 35.8. The summed E-state index contributed by atoms with van der Waals surface area (Å²) in [6, 6.07) is 0. The third-order valence-electron chi connectivity index (χ3n) is 1.17. The topological polar surface area (TPSA) is 63.6 Å². The lowest BCUT2D eigenvalue weighted by Gasteiger charge is -1.96. The van der Waals surface area contributed by atoms with Gasteiger partial charge in [0, 0.05) is 0 Å². The van der Waals surface area contributed by atoms with E-state index in [9.17, 15) is 9.59 Å². The minimum absolute atomic E-state index is 0.650. The summed E-state index contributed by atoms with van der Waals surface area (Å²) in [5.74, 6) is -1.50. The van der Waals surface area contributed by atoms with E-state index in [0.29, 0.717) is 0 Å². The molecule has 1 saturated heterocycles. The third-order valence-corrected chi connectivity index (χ3v) is 1.17. The molecule has 4 heteroatoms. The molecule has 0 aromatic carbocycles. The molecule has 1 heterocycles. The summed E-state index contributed by atoms with van der Waals surface area (Å²) in [4.78, 5) is 20.9. The zero-order valence-corrected chi connectivity index (χ0v) is 4.83. The van der Waals surface area contributed by atoms with E-state index < -0.39 is 24.0 Å². The van der Waals surface area contributed by atoms with Gasteiger partial charge in [-0.3, -0.25) is 9.59 Å². The fourth-order valence-electron chi connectivity index (χ4n) is 0.639. The molecular weight excluding hydrogens is 124 g/mol. The van der Waals surface area contributed by atoms with E-state index in [2.05, 4.69) is 4.74 Å². The molecule has 0 spiro atoms. The van der Waals surface area contributed by atoms with E-state index in [1.165, 1.54) is 6.92 Å².